The van der Waals surface area contributed by atoms with E-state index in [0.29, 0.717) is 5.69 Å². The summed E-state index contributed by atoms with van der Waals surface area (Å²) >= 11 is 0. The first-order chi connectivity index (χ1) is 11.3. The molecule has 0 saturated carbocycles. The highest BCUT2D eigenvalue weighted by molar-refractivity contribution is 5.89. The van der Waals surface area contributed by atoms with E-state index < -0.39 is 11.7 Å². The number of imidazole rings is 1. The number of hydrogen-bond acceptors (Lipinski definition) is 3. The van der Waals surface area contributed by atoms with E-state index in [0.717, 1.165) is 16.7 Å². The van der Waals surface area contributed by atoms with Gasteiger partial charge < -0.3 is 4.74 Å². The van der Waals surface area contributed by atoms with Crippen LogP contribution in [0.5, 0.6) is 0 Å². The smallest absolute Gasteiger partial charge is 0.412 e. The van der Waals surface area contributed by atoms with Crippen LogP contribution in [0.3, 0.4) is 0 Å². The van der Waals surface area contributed by atoms with Gasteiger partial charge in [-0.3, -0.25) is 9.88 Å². The first kappa shape index (κ1) is 16.0. The first-order valence-electron chi connectivity index (χ1n) is 7.55. The number of halogens is 1. The lowest BCUT2D eigenvalue weighted by Crippen LogP contribution is -2.27. The number of nitrogens with one attached hydrogen (secondary N) is 1. The number of ether oxygens (including phenoxy) is 1. The SMILES string of the molecule is CC(C)(C)OC(=O)Nc1ccc2ncn(-c3ccc(F)cc3)c2c1. The molecular formula is C18H18FN3O2. The summed E-state index contributed by atoms with van der Waals surface area (Å²) < 4.78 is 20.2. The molecule has 0 aliphatic heterocycles. The van der Waals surface area contributed by atoms with Crippen LogP contribution < -0.4 is 5.32 Å². The summed E-state index contributed by atoms with van der Waals surface area (Å²) in [5.74, 6) is -0.296. The Kier molecular flexibility index (Phi) is 3.97. The van der Waals surface area contributed by atoms with Crippen molar-refractivity contribution in [1.82, 2.24) is 9.55 Å². The predicted molar refractivity (Wildman–Crippen MR) is 90.9 cm³/mol. The topological polar surface area (TPSA) is 56.1 Å². The van der Waals surface area contributed by atoms with E-state index in [1.54, 1.807) is 51.4 Å². The zero-order valence-corrected chi connectivity index (χ0v) is 13.7. The number of rotatable bonds is 2. The Morgan fingerprint density at radius 1 is 1.17 bits per heavy atom. The number of benzene rings is 2. The lowest BCUT2D eigenvalue weighted by Gasteiger charge is -2.19. The number of amides is 1. The minimum absolute atomic E-state index is 0.296. The van der Waals surface area contributed by atoms with Crippen molar-refractivity contribution in [2.75, 3.05) is 5.32 Å². The van der Waals surface area contributed by atoms with Crippen LogP contribution in [0.25, 0.3) is 16.7 Å². The number of anilines is 1. The molecule has 0 bridgehead atoms. The van der Waals surface area contributed by atoms with Gasteiger partial charge in [0.15, 0.2) is 0 Å². The van der Waals surface area contributed by atoms with Gasteiger partial charge in [-0.15, -0.1) is 0 Å². The van der Waals surface area contributed by atoms with Gasteiger partial charge in [0.25, 0.3) is 0 Å². The maximum Gasteiger partial charge on any atom is 0.412 e. The third-order valence-electron chi connectivity index (χ3n) is 3.30. The van der Waals surface area contributed by atoms with Crippen molar-refractivity contribution in [3.63, 3.8) is 0 Å². The van der Waals surface area contributed by atoms with E-state index in [-0.39, 0.29) is 5.82 Å². The number of aromatic nitrogens is 2. The Balaban J connectivity index is 1.91. The van der Waals surface area contributed by atoms with Gasteiger partial charge in [-0.05, 0) is 63.2 Å². The minimum atomic E-state index is -0.565. The quantitative estimate of drug-likeness (QED) is 0.753. The van der Waals surface area contributed by atoms with Crippen molar-refractivity contribution >= 4 is 22.8 Å². The van der Waals surface area contributed by atoms with Crippen LogP contribution in [0.15, 0.2) is 48.8 Å². The molecule has 1 amide bonds. The van der Waals surface area contributed by atoms with Crippen molar-refractivity contribution < 1.29 is 13.9 Å². The molecule has 124 valence electrons. The highest BCUT2D eigenvalue weighted by atomic mass is 19.1. The third kappa shape index (κ3) is 3.53. The predicted octanol–water partition coefficient (Wildman–Crippen LogP) is 4.51. The third-order valence-corrected chi connectivity index (χ3v) is 3.30. The Bertz CT molecular complexity index is 879. The highest BCUT2D eigenvalue weighted by Gasteiger charge is 2.16. The minimum Gasteiger partial charge on any atom is -0.444 e. The van der Waals surface area contributed by atoms with Gasteiger partial charge in [0.05, 0.1) is 11.0 Å². The Labute approximate surface area is 139 Å². The summed E-state index contributed by atoms with van der Waals surface area (Å²) in [7, 11) is 0. The zero-order chi connectivity index (χ0) is 17.3. The lowest BCUT2D eigenvalue weighted by atomic mass is 10.2. The molecule has 1 aromatic heterocycles. The first-order valence-corrected chi connectivity index (χ1v) is 7.55. The molecule has 0 unspecified atom stereocenters. The fourth-order valence-electron chi connectivity index (χ4n) is 2.31. The van der Waals surface area contributed by atoms with Gasteiger partial charge in [-0.1, -0.05) is 0 Å². The molecule has 2 aromatic carbocycles. The largest absolute Gasteiger partial charge is 0.444 e. The molecule has 3 rings (SSSR count). The highest BCUT2D eigenvalue weighted by Crippen LogP contribution is 2.22. The molecule has 0 saturated heterocycles. The van der Waals surface area contributed by atoms with Crippen molar-refractivity contribution in [2.45, 2.75) is 26.4 Å². The Morgan fingerprint density at radius 2 is 1.88 bits per heavy atom. The second-order valence-corrected chi connectivity index (χ2v) is 6.42. The monoisotopic (exact) mass is 327 g/mol. The standard InChI is InChI=1S/C18H18FN3O2/c1-18(2,3)24-17(23)21-13-6-9-15-16(10-13)22(11-20-15)14-7-4-12(19)5-8-14/h4-11H,1-3H3,(H,21,23). The van der Waals surface area contributed by atoms with Gasteiger partial charge in [-0.25, -0.2) is 14.2 Å². The maximum absolute atomic E-state index is 13.1. The molecule has 0 aliphatic rings. The van der Waals surface area contributed by atoms with Crippen molar-refractivity contribution in [3.8, 4) is 5.69 Å². The number of carbonyl (C=O) groups is 1. The lowest BCUT2D eigenvalue weighted by molar-refractivity contribution is 0.0636. The van der Waals surface area contributed by atoms with Crippen molar-refractivity contribution in [3.05, 3.63) is 54.6 Å². The summed E-state index contributed by atoms with van der Waals surface area (Å²) in [5.41, 5.74) is 2.39. The van der Waals surface area contributed by atoms with Crippen LogP contribution >= 0.6 is 0 Å². The maximum atomic E-state index is 13.1. The summed E-state index contributed by atoms with van der Waals surface area (Å²) in [6.07, 6.45) is 1.14. The molecule has 0 fully saturated rings. The summed E-state index contributed by atoms with van der Waals surface area (Å²) in [4.78, 5) is 16.2. The average Bonchev–Trinajstić information content (AvgIpc) is 2.89. The Hall–Kier alpha value is -2.89. The van der Waals surface area contributed by atoms with Crippen LogP contribution in [0.4, 0.5) is 14.9 Å². The molecular weight excluding hydrogens is 309 g/mol. The number of fused-ring (bicyclic) bond motifs is 1. The van der Waals surface area contributed by atoms with Gasteiger partial charge >= 0.3 is 6.09 Å². The summed E-state index contributed by atoms with van der Waals surface area (Å²) in [5, 5.41) is 2.71. The molecule has 1 N–H and O–H groups in total. The Morgan fingerprint density at radius 3 is 2.54 bits per heavy atom. The van der Waals surface area contributed by atoms with E-state index in [1.165, 1.54) is 12.1 Å². The molecule has 6 heteroatoms. The number of nitrogens with zero attached hydrogens (tertiary/aromatic N) is 2. The molecule has 0 radical (unpaired) electrons. The van der Waals surface area contributed by atoms with Crippen LogP contribution in [-0.4, -0.2) is 21.2 Å². The zero-order valence-electron chi connectivity index (χ0n) is 13.7. The van der Waals surface area contributed by atoms with E-state index in [1.807, 2.05) is 10.6 Å². The van der Waals surface area contributed by atoms with Crippen LogP contribution in [-0.2, 0) is 4.74 Å². The van der Waals surface area contributed by atoms with E-state index in [2.05, 4.69) is 10.3 Å². The fraction of sp³-hybridized carbons (Fsp3) is 0.222. The normalized spacial score (nSPS) is 11.5. The number of carbonyl (C=O) groups excluding carboxylic acids is 1. The number of hydrogen-bond donors (Lipinski definition) is 1. The van der Waals surface area contributed by atoms with Gasteiger partial charge in [0, 0.05) is 11.4 Å². The summed E-state index contributed by atoms with van der Waals surface area (Å²) in [6, 6.07) is 11.5. The van der Waals surface area contributed by atoms with Gasteiger partial charge in [0.1, 0.15) is 17.7 Å². The van der Waals surface area contributed by atoms with Crippen LogP contribution in [0.1, 0.15) is 20.8 Å². The molecule has 3 aromatic rings. The van der Waals surface area contributed by atoms with Crippen LogP contribution in [0, 0.1) is 5.82 Å². The van der Waals surface area contributed by atoms with Gasteiger partial charge in [-0.2, -0.15) is 0 Å². The van der Waals surface area contributed by atoms with Gasteiger partial charge in [0.2, 0.25) is 0 Å². The molecule has 0 atom stereocenters. The molecule has 0 aliphatic carbocycles. The van der Waals surface area contributed by atoms with E-state index in [9.17, 15) is 9.18 Å². The van der Waals surface area contributed by atoms with Crippen molar-refractivity contribution in [1.29, 1.82) is 0 Å². The van der Waals surface area contributed by atoms with E-state index in [4.69, 9.17) is 4.74 Å². The molecule has 24 heavy (non-hydrogen) atoms. The summed E-state index contributed by atoms with van der Waals surface area (Å²) in [6.45, 7) is 5.41. The van der Waals surface area contributed by atoms with E-state index >= 15 is 0 Å². The molecule has 0 spiro atoms. The van der Waals surface area contributed by atoms with Crippen LogP contribution in [0.2, 0.25) is 0 Å². The van der Waals surface area contributed by atoms with Crippen molar-refractivity contribution in [2.24, 2.45) is 0 Å². The molecule has 5 nitrogen and oxygen atoms in total. The average molecular weight is 327 g/mol. The molecule has 1 heterocycles. The fourth-order valence-corrected chi connectivity index (χ4v) is 2.31. The second kappa shape index (κ2) is 5.96. The second-order valence-electron chi connectivity index (χ2n) is 6.42.